The van der Waals surface area contributed by atoms with E-state index in [-0.39, 0.29) is 17.5 Å². The molecule has 0 bridgehead atoms. The quantitative estimate of drug-likeness (QED) is 0.722. The summed E-state index contributed by atoms with van der Waals surface area (Å²) in [7, 11) is -2.91. The molecule has 1 aliphatic rings. The highest BCUT2D eigenvalue weighted by Gasteiger charge is 2.28. The van der Waals surface area contributed by atoms with E-state index >= 15 is 0 Å². The number of hydrogen-bond donors (Lipinski definition) is 0. The number of carbonyl (C=O) groups excluding carboxylic acids is 1. The fourth-order valence-corrected chi connectivity index (χ4v) is 3.12. The fourth-order valence-electron chi connectivity index (χ4n) is 2.45. The van der Waals surface area contributed by atoms with E-state index in [0.29, 0.717) is 18.8 Å². The second-order valence-corrected chi connectivity index (χ2v) is 7.24. The molecular formula is C12H22O3S. The Bertz CT molecular complexity index is 332. The van der Waals surface area contributed by atoms with Crippen molar-refractivity contribution >= 4 is 15.6 Å². The summed E-state index contributed by atoms with van der Waals surface area (Å²) in [5, 5.41) is 0. The van der Waals surface area contributed by atoms with Crippen molar-refractivity contribution in [3.63, 3.8) is 0 Å². The van der Waals surface area contributed by atoms with Gasteiger partial charge in [-0.25, -0.2) is 8.42 Å². The first kappa shape index (κ1) is 13.7. The van der Waals surface area contributed by atoms with Crippen LogP contribution < -0.4 is 0 Å². The zero-order valence-electron chi connectivity index (χ0n) is 10.2. The lowest BCUT2D eigenvalue weighted by Gasteiger charge is -2.08. The van der Waals surface area contributed by atoms with Crippen LogP contribution in [0.25, 0.3) is 0 Å². The molecule has 0 radical (unpaired) electrons. The predicted molar refractivity (Wildman–Crippen MR) is 65.1 cm³/mol. The molecule has 1 saturated carbocycles. The highest BCUT2D eigenvalue weighted by molar-refractivity contribution is 7.90. The Balaban J connectivity index is 2.26. The number of carbonyl (C=O) groups is 1. The van der Waals surface area contributed by atoms with Crippen molar-refractivity contribution < 1.29 is 13.2 Å². The highest BCUT2D eigenvalue weighted by Crippen LogP contribution is 2.34. The summed E-state index contributed by atoms with van der Waals surface area (Å²) in [6, 6.07) is 0. The molecule has 0 aromatic rings. The van der Waals surface area contributed by atoms with Crippen molar-refractivity contribution in [2.45, 2.75) is 45.4 Å². The third-order valence-electron chi connectivity index (χ3n) is 3.51. The molecule has 0 saturated heterocycles. The Morgan fingerprint density at radius 1 is 1.31 bits per heavy atom. The maximum absolute atomic E-state index is 11.8. The van der Waals surface area contributed by atoms with Gasteiger partial charge in [0.05, 0.1) is 5.75 Å². The normalized spacial score (nSPS) is 25.9. The summed E-state index contributed by atoms with van der Waals surface area (Å²) in [4.78, 5) is 11.8. The van der Waals surface area contributed by atoms with E-state index in [1.54, 1.807) is 0 Å². The van der Waals surface area contributed by atoms with Crippen LogP contribution in [0.4, 0.5) is 0 Å². The number of hydrogen-bond acceptors (Lipinski definition) is 3. The van der Waals surface area contributed by atoms with Crippen LogP contribution in [0.3, 0.4) is 0 Å². The lowest BCUT2D eigenvalue weighted by Crippen LogP contribution is -2.13. The standard InChI is InChI=1S/C12H22O3S/c1-3-10-6-7-11(9-10)12(13)5-4-8-16(2,14)15/h10-11H,3-9H2,1-2H3. The van der Waals surface area contributed by atoms with Crippen LogP contribution in [-0.4, -0.2) is 26.2 Å². The Hall–Kier alpha value is -0.380. The number of rotatable bonds is 6. The molecular weight excluding hydrogens is 224 g/mol. The maximum atomic E-state index is 11.8. The predicted octanol–water partition coefficient (Wildman–Crippen LogP) is 2.21. The first-order chi connectivity index (χ1) is 7.42. The van der Waals surface area contributed by atoms with Gasteiger partial charge in [0.25, 0.3) is 0 Å². The summed E-state index contributed by atoms with van der Waals surface area (Å²) in [6.07, 6.45) is 6.51. The van der Waals surface area contributed by atoms with Crippen LogP contribution in [0.1, 0.15) is 45.4 Å². The molecule has 0 aliphatic heterocycles. The van der Waals surface area contributed by atoms with Crippen molar-refractivity contribution in [1.82, 2.24) is 0 Å². The van der Waals surface area contributed by atoms with Crippen molar-refractivity contribution in [2.75, 3.05) is 12.0 Å². The first-order valence-electron chi connectivity index (χ1n) is 6.12. The molecule has 2 atom stereocenters. The van der Waals surface area contributed by atoms with E-state index < -0.39 is 9.84 Å². The Kier molecular flexibility index (Phi) is 4.96. The van der Waals surface area contributed by atoms with Gasteiger partial charge in [0.1, 0.15) is 15.6 Å². The second kappa shape index (κ2) is 5.80. The molecule has 0 aromatic carbocycles. The smallest absolute Gasteiger partial charge is 0.147 e. The van der Waals surface area contributed by atoms with E-state index in [4.69, 9.17) is 0 Å². The lowest BCUT2D eigenvalue weighted by atomic mass is 9.97. The van der Waals surface area contributed by atoms with Crippen molar-refractivity contribution in [1.29, 1.82) is 0 Å². The van der Waals surface area contributed by atoms with Gasteiger partial charge in [-0.1, -0.05) is 13.3 Å². The molecule has 1 fully saturated rings. The molecule has 2 unspecified atom stereocenters. The molecule has 94 valence electrons. The van der Waals surface area contributed by atoms with E-state index in [1.807, 2.05) is 0 Å². The number of sulfone groups is 1. The van der Waals surface area contributed by atoms with Crippen LogP contribution in [0, 0.1) is 11.8 Å². The van der Waals surface area contributed by atoms with Crippen molar-refractivity contribution in [3.05, 3.63) is 0 Å². The monoisotopic (exact) mass is 246 g/mol. The van der Waals surface area contributed by atoms with Crippen molar-refractivity contribution in [2.24, 2.45) is 11.8 Å². The van der Waals surface area contributed by atoms with Gasteiger partial charge in [0.2, 0.25) is 0 Å². The molecule has 4 heteroatoms. The van der Waals surface area contributed by atoms with Crippen LogP contribution >= 0.6 is 0 Å². The SMILES string of the molecule is CCC1CCC(C(=O)CCCS(C)(=O)=O)C1. The summed E-state index contributed by atoms with van der Waals surface area (Å²) in [5.41, 5.74) is 0. The molecule has 3 nitrogen and oxygen atoms in total. The van der Waals surface area contributed by atoms with Crippen LogP contribution in [0.2, 0.25) is 0 Å². The molecule has 0 spiro atoms. The van der Waals surface area contributed by atoms with Gasteiger partial charge >= 0.3 is 0 Å². The molecule has 0 heterocycles. The minimum atomic E-state index is -2.91. The van der Waals surface area contributed by atoms with Crippen molar-refractivity contribution in [3.8, 4) is 0 Å². The Morgan fingerprint density at radius 3 is 2.50 bits per heavy atom. The van der Waals surface area contributed by atoms with Crippen LogP contribution in [0.15, 0.2) is 0 Å². The van der Waals surface area contributed by atoms with E-state index in [0.717, 1.165) is 19.3 Å². The molecule has 1 rings (SSSR count). The number of Topliss-reactive ketones (excluding diaryl/α,β-unsaturated/α-hetero) is 1. The third-order valence-corrected chi connectivity index (χ3v) is 4.54. The Morgan fingerprint density at radius 2 is 2.00 bits per heavy atom. The van der Waals surface area contributed by atoms with Gasteiger partial charge in [-0.3, -0.25) is 4.79 Å². The molecule has 0 N–H and O–H groups in total. The van der Waals surface area contributed by atoms with E-state index in [2.05, 4.69) is 6.92 Å². The topological polar surface area (TPSA) is 51.2 Å². The van der Waals surface area contributed by atoms with E-state index in [9.17, 15) is 13.2 Å². The van der Waals surface area contributed by atoms with Gasteiger partial charge in [-0.2, -0.15) is 0 Å². The minimum absolute atomic E-state index is 0.142. The fraction of sp³-hybridized carbons (Fsp3) is 0.917. The van der Waals surface area contributed by atoms with Gasteiger partial charge in [-0.15, -0.1) is 0 Å². The zero-order chi connectivity index (χ0) is 12.2. The molecule has 16 heavy (non-hydrogen) atoms. The summed E-state index contributed by atoms with van der Waals surface area (Å²) >= 11 is 0. The number of ketones is 1. The highest BCUT2D eigenvalue weighted by atomic mass is 32.2. The average Bonchev–Trinajstić information content (AvgIpc) is 2.63. The lowest BCUT2D eigenvalue weighted by molar-refractivity contribution is -0.122. The summed E-state index contributed by atoms with van der Waals surface area (Å²) < 4.78 is 21.8. The van der Waals surface area contributed by atoms with E-state index in [1.165, 1.54) is 12.7 Å². The Labute approximate surface area is 98.5 Å². The average molecular weight is 246 g/mol. The summed E-state index contributed by atoms with van der Waals surface area (Å²) in [5.74, 6) is 1.34. The van der Waals surface area contributed by atoms with Crippen LogP contribution in [-0.2, 0) is 14.6 Å². The van der Waals surface area contributed by atoms with Crippen LogP contribution in [0.5, 0.6) is 0 Å². The molecule has 0 aromatic heterocycles. The minimum Gasteiger partial charge on any atom is -0.299 e. The zero-order valence-corrected chi connectivity index (χ0v) is 11.1. The molecule has 0 amide bonds. The van der Waals surface area contributed by atoms with Gasteiger partial charge in [-0.05, 0) is 31.6 Å². The summed E-state index contributed by atoms with van der Waals surface area (Å²) in [6.45, 7) is 2.17. The van der Waals surface area contributed by atoms with Gasteiger partial charge in [0, 0.05) is 18.6 Å². The first-order valence-corrected chi connectivity index (χ1v) is 8.19. The van der Waals surface area contributed by atoms with Gasteiger partial charge < -0.3 is 0 Å². The van der Waals surface area contributed by atoms with Gasteiger partial charge in [0.15, 0.2) is 0 Å². The second-order valence-electron chi connectivity index (χ2n) is 4.98. The molecule has 1 aliphatic carbocycles. The largest absolute Gasteiger partial charge is 0.299 e. The third kappa shape index (κ3) is 4.64. The maximum Gasteiger partial charge on any atom is 0.147 e.